The summed E-state index contributed by atoms with van der Waals surface area (Å²) in [7, 11) is 0. The monoisotopic (exact) mass is 243 g/mol. The molecule has 0 saturated heterocycles. The van der Waals surface area contributed by atoms with Crippen molar-refractivity contribution in [2.45, 2.75) is 58.0 Å². The molecule has 0 amide bonds. The standard InChI is InChI=1S/C13H25NO3/c1-9(2)11(12(16)17)14-13(8-15)6-4-5-10(3)7-13/h9-11,14-15H,4-8H2,1-3H3,(H,16,17). The van der Waals surface area contributed by atoms with Gasteiger partial charge in [0.25, 0.3) is 0 Å². The summed E-state index contributed by atoms with van der Waals surface area (Å²) in [6, 6.07) is -0.576. The average molecular weight is 243 g/mol. The van der Waals surface area contributed by atoms with Gasteiger partial charge in [0.1, 0.15) is 6.04 Å². The molecule has 0 spiro atoms. The van der Waals surface area contributed by atoms with E-state index in [0.717, 1.165) is 19.3 Å². The Kier molecular flexibility index (Phi) is 4.95. The van der Waals surface area contributed by atoms with E-state index < -0.39 is 17.6 Å². The van der Waals surface area contributed by atoms with Crippen LogP contribution in [-0.2, 0) is 4.79 Å². The Morgan fingerprint density at radius 3 is 2.59 bits per heavy atom. The third-order valence-corrected chi connectivity index (χ3v) is 3.79. The Morgan fingerprint density at radius 1 is 1.53 bits per heavy atom. The second-order valence-electron chi connectivity index (χ2n) is 5.84. The molecule has 3 atom stereocenters. The summed E-state index contributed by atoms with van der Waals surface area (Å²) >= 11 is 0. The highest BCUT2D eigenvalue weighted by Crippen LogP contribution is 2.32. The first-order chi connectivity index (χ1) is 7.90. The number of hydrogen-bond acceptors (Lipinski definition) is 3. The fraction of sp³-hybridized carbons (Fsp3) is 0.923. The SMILES string of the molecule is CC1CCCC(CO)(NC(C(=O)O)C(C)C)C1. The summed E-state index contributed by atoms with van der Waals surface area (Å²) < 4.78 is 0. The molecular formula is C13H25NO3. The van der Waals surface area contributed by atoms with E-state index in [-0.39, 0.29) is 12.5 Å². The number of aliphatic carboxylic acids is 1. The number of nitrogens with one attached hydrogen (secondary N) is 1. The molecule has 1 aliphatic rings. The van der Waals surface area contributed by atoms with Crippen LogP contribution < -0.4 is 5.32 Å². The van der Waals surface area contributed by atoms with Crippen LogP contribution in [0.1, 0.15) is 46.5 Å². The molecule has 1 aliphatic carbocycles. The van der Waals surface area contributed by atoms with Gasteiger partial charge in [-0.2, -0.15) is 0 Å². The summed E-state index contributed by atoms with van der Waals surface area (Å²) in [6.07, 6.45) is 3.95. The molecule has 17 heavy (non-hydrogen) atoms. The minimum atomic E-state index is -0.828. The maximum absolute atomic E-state index is 11.2. The van der Waals surface area contributed by atoms with Crippen LogP contribution in [0.25, 0.3) is 0 Å². The second kappa shape index (κ2) is 5.83. The van der Waals surface area contributed by atoms with E-state index in [2.05, 4.69) is 12.2 Å². The first kappa shape index (κ1) is 14.5. The Hall–Kier alpha value is -0.610. The fourth-order valence-electron chi connectivity index (χ4n) is 2.82. The molecule has 0 bridgehead atoms. The largest absolute Gasteiger partial charge is 0.480 e. The quantitative estimate of drug-likeness (QED) is 0.686. The van der Waals surface area contributed by atoms with Gasteiger partial charge in [0, 0.05) is 5.54 Å². The van der Waals surface area contributed by atoms with E-state index in [0.29, 0.717) is 5.92 Å². The van der Waals surface area contributed by atoms with Crippen LogP contribution in [0.4, 0.5) is 0 Å². The lowest BCUT2D eigenvalue weighted by Crippen LogP contribution is -2.58. The Labute approximate surface area is 103 Å². The fourth-order valence-corrected chi connectivity index (χ4v) is 2.82. The number of carbonyl (C=O) groups is 1. The predicted molar refractivity (Wildman–Crippen MR) is 66.8 cm³/mol. The van der Waals surface area contributed by atoms with Gasteiger partial charge in [0.15, 0.2) is 0 Å². The normalized spacial score (nSPS) is 31.5. The minimum absolute atomic E-state index is 0.0214. The van der Waals surface area contributed by atoms with E-state index >= 15 is 0 Å². The van der Waals surface area contributed by atoms with E-state index in [4.69, 9.17) is 0 Å². The molecule has 0 aromatic rings. The van der Waals surface area contributed by atoms with E-state index in [1.54, 1.807) is 0 Å². The molecule has 1 fully saturated rings. The molecule has 1 rings (SSSR count). The van der Waals surface area contributed by atoms with E-state index in [1.165, 1.54) is 6.42 Å². The van der Waals surface area contributed by atoms with Gasteiger partial charge in [-0.15, -0.1) is 0 Å². The van der Waals surface area contributed by atoms with Gasteiger partial charge in [0.2, 0.25) is 0 Å². The molecule has 4 nitrogen and oxygen atoms in total. The lowest BCUT2D eigenvalue weighted by atomic mass is 9.76. The molecule has 0 aromatic carbocycles. The molecule has 4 heteroatoms. The van der Waals surface area contributed by atoms with Crippen molar-refractivity contribution in [2.24, 2.45) is 11.8 Å². The van der Waals surface area contributed by atoms with Gasteiger partial charge >= 0.3 is 5.97 Å². The number of carboxylic acid groups (broad SMARTS) is 1. The van der Waals surface area contributed by atoms with Crippen LogP contribution in [0.2, 0.25) is 0 Å². The van der Waals surface area contributed by atoms with Gasteiger partial charge in [-0.1, -0.05) is 33.6 Å². The Bertz CT molecular complexity index is 267. The zero-order valence-corrected chi connectivity index (χ0v) is 11.1. The van der Waals surface area contributed by atoms with Crippen LogP contribution in [0.5, 0.6) is 0 Å². The van der Waals surface area contributed by atoms with Crippen molar-refractivity contribution in [3.63, 3.8) is 0 Å². The number of carboxylic acids is 1. The van der Waals surface area contributed by atoms with Crippen LogP contribution in [-0.4, -0.2) is 34.4 Å². The van der Waals surface area contributed by atoms with Crippen molar-refractivity contribution in [1.82, 2.24) is 5.32 Å². The molecule has 0 aromatic heterocycles. The van der Waals surface area contributed by atoms with Crippen molar-refractivity contribution in [1.29, 1.82) is 0 Å². The van der Waals surface area contributed by atoms with E-state index in [9.17, 15) is 15.0 Å². The maximum atomic E-state index is 11.2. The highest BCUT2D eigenvalue weighted by atomic mass is 16.4. The van der Waals surface area contributed by atoms with Gasteiger partial charge < -0.3 is 10.2 Å². The van der Waals surface area contributed by atoms with Gasteiger partial charge in [-0.05, 0) is 24.7 Å². The summed E-state index contributed by atoms with van der Waals surface area (Å²) in [6.45, 7) is 5.97. The number of aliphatic hydroxyl groups is 1. The Balaban J connectivity index is 2.75. The average Bonchev–Trinajstić information content (AvgIpc) is 2.25. The second-order valence-corrected chi connectivity index (χ2v) is 5.84. The third-order valence-electron chi connectivity index (χ3n) is 3.79. The van der Waals surface area contributed by atoms with Crippen LogP contribution in [0.15, 0.2) is 0 Å². The maximum Gasteiger partial charge on any atom is 0.320 e. The first-order valence-corrected chi connectivity index (χ1v) is 6.51. The molecular weight excluding hydrogens is 218 g/mol. The van der Waals surface area contributed by atoms with Crippen LogP contribution in [0, 0.1) is 11.8 Å². The Morgan fingerprint density at radius 2 is 2.18 bits per heavy atom. The summed E-state index contributed by atoms with van der Waals surface area (Å²) in [5, 5.41) is 22.0. The lowest BCUT2D eigenvalue weighted by Gasteiger charge is -2.42. The molecule has 0 aliphatic heterocycles. The smallest absolute Gasteiger partial charge is 0.320 e. The lowest BCUT2D eigenvalue weighted by molar-refractivity contribution is -0.141. The van der Waals surface area contributed by atoms with Crippen molar-refractivity contribution >= 4 is 5.97 Å². The molecule has 1 saturated carbocycles. The van der Waals surface area contributed by atoms with Crippen molar-refractivity contribution in [3.8, 4) is 0 Å². The molecule has 3 unspecified atom stereocenters. The van der Waals surface area contributed by atoms with Crippen molar-refractivity contribution in [2.75, 3.05) is 6.61 Å². The summed E-state index contributed by atoms with van der Waals surface area (Å²) in [5.41, 5.74) is -0.398. The summed E-state index contributed by atoms with van der Waals surface area (Å²) in [5.74, 6) is -0.260. The minimum Gasteiger partial charge on any atom is -0.480 e. The highest BCUT2D eigenvalue weighted by molar-refractivity contribution is 5.73. The zero-order chi connectivity index (χ0) is 13.1. The van der Waals surface area contributed by atoms with E-state index in [1.807, 2.05) is 13.8 Å². The van der Waals surface area contributed by atoms with Crippen molar-refractivity contribution < 1.29 is 15.0 Å². The molecule has 0 radical (unpaired) electrons. The van der Waals surface area contributed by atoms with Crippen molar-refractivity contribution in [3.05, 3.63) is 0 Å². The molecule has 0 heterocycles. The number of hydrogen-bond donors (Lipinski definition) is 3. The van der Waals surface area contributed by atoms with Crippen LogP contribution >= 0.6 is 0 Å². The van der Waals surface area contributed by atoms with Gasteiger partial charge in [-0.3, -0.25) is 10.1 Å². The first-order valence-electron chi connectivity index (χ1n) is 6.51. The van der Waals surface area contributed by atoms with Crippen LogP contribution in [0.3, 0.4) is 0 Å². The highest BCUT2D eigenvalue weighted by Gasteiger charge is 2.38. The third kappa shape index (κ3) is 3.68. The molecule has 100 valence electrons. The topological polar surface area (TPSA) is 69.6 Å². The summed E-state index contributed by atoms with van der Waals surface area (Å²) in [4.78, 5) is 11.2. The van der Waals surface area contributed by atoms with Gasteiger partial charge in [-0.25, -0.2) is 0 Å². The number of aliphatic hydroxyl groups excluding tert-OH is 1. The molecule has 3 N–H and O–H groups in total. The predicted octanol–water partition coefficient (Wildman–Crippen LogP) is 1.63. The van der Waals surface area contributed by atoms with Gasteiger partial charge in [0.05, 0.1) is 6.61 Å². The zero-order valence-electron chi connectivity index (χ0n) is 11.1. The number of rotatable bonds is 5.